The SMILES string of the molecule is CN(C)S(=O)(=O)c1ccc(NC2(CN)CCC2)nc1. The highest BCUT2D eigenvalue weighted by atomic mass is 32.2. The summed E-state index contributed by atoms with van der Waals surface area (Å²) in [7, 11) is -0.418. The summed E-state index contributed by atoms with van der Waals surface area (Å²) >= 11 is 0. The highest BCUT2D eigenvalue weighted by molar-refractivity contribution is 7.89. The molecule has 0 atom stereocenters. The van der Waals surface area contributed by atoms with Gasteiger partial charge in [-0.25, -0.2) is 17.7 Å². The normalized spacial score (nSPS) is 18.1. The highest BCUT2D eigenvalue weighted by Gasteiger charge is 2.35. The molecule has 0 radical (unpaired) electrons. The number of rotatable bonds is 5. The van der Waals surface area contributed by atoms with Gasteiger partial charge >= 0.3 is 0 Å². The van der Waals surface area contributed by atoms with Crippen LogP contribution in [-0.2, 0) is 10.0 Å². The predicted octanol–water partition coefficient (Wildman–Crippen LogP) is 0.625. The first-order chi connectivity index (χ1) is 8.89. The van der Waals surface area contributed by atoms with Gasteiger partial charge in [0.1, 0.15) is 10.7 Å². The molecule has 1 fully saturated rings. The number of sulfonamides is 1. The Morgan fingerprint density at radius 1 is 1.42 bits per heavy atom. The Kier molecular flexibility index (Phi) is 3.80. The van der Waals surface area contributed by atoms with Crippen molar-refractivity contribution in [3.05, 3.63) is 18.3 Å². The fourth-order valence-corrected chi connectivity index (χ4v) is 2.92. The molecule has 0 saturated heterocycles. The van der Waals surface area contributed by atoms with Gasteiger partial charge in [0, 0.05) is 26.8 Å². The Morgan fingerprint density at radius 3 is 2.47 bits per heavy atom. The van der Waals surface area contributed by atoms with Crippen LogP contribution in [0.5, 0.6) is 0 Å². The van der Waals surface area contributed by atoms with Crippen LogP contribution >= 0.6 is 0 Å². The van der Waals surface area contributed by atoms with E-state index in [1.54, 1.807) is 12.1 Å². The smallest absolute Gasteiger partial charge is 0.244 e. The molecular weight excluding hydrogens is 264 g/mol. The van der Waals surface area contributed by atoms with E-state index >= 15 is 0 Å². The minimum absolute atomic E-state index is 0.0606. The number of anilines is 1. The maximum absolute atomic E-state index is 11.9. The first-order valence-electron chi connectivity index (χ1n) is 6.26. The Balaban J connectivity index is 2.15. The van der Waals surface area contributed by atoms with Gasteiger partial charge in [-0.2, -0.15) is 0 Å². The number of hydrogen-bond donors (Lipinski definition) is 2. The molecule has 1 aromatic rings. The zero-order valence-corrected chi connectivity index (χ0v) is 12.1. The van der Waals surface area contributed by atoms with E-state index in [4.69, 9.17) is 5.73 Å². The first kappa shape index (κ1) is 14.2. The number of nitrogens with one attached hydrogen (secondary N) is 1. The van der Waals surface area contributed by atoms with Crippen molar-refractivity contribution < 1.29 is 8.42 Å². The van der Waals surface area contributed by atoms with Crippen LogP contribution in [0, 0.1) is 0 Å². The van der Waals surface area contributed by atoms with Crippen molar-refractivity contribution in [3.63, 3.8) is 0 Å². The fourth-order valence-electron chi connectivity index (χ4n) is 2.07. The van der Waals surface area contributed by atoms with Crippen molar-refractivity contribution in [2.24, 2.45) is 5.73 Å². The number of nitrogens with zero attached hydrogens (tertiary/aromatic N) is 2. The van der Waals surface area contributed by atoms with Crippen LogP contribution in [0.3, 0.4) is 0 Å². The molecule has 6 nitrogen and oxygen atoms in total. The molecule has 0 amide bonds. The third-order valence-electron chi connectivity index (χ3n) is 3.61. The average Bonchev–Trinajstić information content (AvgIpc) is 2.34. The zero-order valence-electron chi connectivity index (χ0n) is 11.3. The van der Waals surface area contributed by atoms with E-state index in [9.17, 15) is 8.42 Å². The molecule has 1 heterocycles. The Morgan fingerprint density at radius 2 is 2.11 bits per heavy atom. The fraction of sp³-hybridized carbons (Fsp3) is 0.583. The predicted molar refractivity (Wildman–Crippen MR) is 74.4 cm³/mol. The van der Waals surface area contributed by atoms with Crippen LogP contribution in [0.1, 0.15) is 19.3 Å². The van der Waals surface area contributed by atoms with Crippen LogP contribution in [0.2, 0.25) is 0 Å². The lowest BCUT2D eigenvalue weighted by molar-refractivity contribution is 0.286. The lowest BCUT2D eigenvalue weighted by atomic mass is 9.77. The van der Waals surface area contributed by atoms with E-state index in [2.05, 4.69) is 10.3 Å². The van der Waals surface area contributed by atoms with Crippen LogP contribution in [-0.4, -0.2) is 43.9 Å². The molecule has 0 spiro atoms. The van der Waals surface area contributed by atoms with Gasteiger partial charge in [0.2, 0.25) is 10.0 Å². The summed E-state index contributed by atoms with van der Waals surface area (Å²) < 4.78 is 25.0. The first-order valence-corrected chi connectivity index (χ1v) is 7.70. The summed E-state index contributed by atoms with van der Waals surface area (Å²) in [6.45, 7) is 0.562. The molecular formula is C12H20N4O2S. The third kappa shape index (κ3) is 2.72. The topological polar surface area (TPSA) is 88.3 Å². The minimum atomic E-state index is -3.42. The molecule has 106 valence electrons. The van der Waals surface area contributed by atoms with Crippen LogP contribution < -0.4 is 11.1 Å². The number of nitrogens with two attached hydrogens (primary N) is 1. The second-order valence-electron chi connectivity index (χ2n) is 5.13. The standard InChI is InChI=1S/C12H20N4O2S/c1-16(2)19(17,18)10-4-5-11(14-8-10)15-12(9-13)6-3-7-12/h4-5,8H,3,6-7,9,13H2,1-2H3,(H,14,15). The van der Waals surface area contributed by atoms with E-state index in [-0.39, 0.29) is 10.4 Å². The van der Waals surface area contributed by atoms with Gasteiger partial charge in [-0.15, -0.1) is 0 Å². The minimum Gasteiger partial charge on any atom is -0.363 e. The van der Waals surface area contributed by atoms with Crippen molar-refractivity contribution in [1.29, 1.82) is 0 Å². The molecule has 2 rings (SSSR count). The number of pyridine rings is 1. The zero-order chi connectivity index (χ0) is 14.1. The van der Waals surface area contributed by atoms with E-state index in [1.807, 2.05) is 0 Å². The number of aromatic nitrogens is 1. The summed E-state index contributed by atoms with van der Waals surface area (Å²) in [4.78, 5) is 4.36. The number of hydrogen-bond acceptors (Lipinski definition) is 5. The largest absolute Gasteiger partial charge is 0.363 e. The molecule has 1 aliphatic carbocycles. The summed E-state index contributed by atoms with van der Waals surface area (Å²) in [6, 6.07) is 3.25. The quantitative estimate of drug-likeness (QED) is 0.827. The summed E-state index contributed by atoms with van der Waals surface area (Å²) in [6.07, 6.45) is 4.60. The molecule has 3 N–H and O–H groups in total. The van der Waals surface area contributed by atoms with E-state index < -0.39 is 10.0 Å². The molecule has 1 aliphatic rings. The van der Waals surface area contributed by atoms with Crippen LogP contribution in [0.4, 0.5) is 5.82 Å². The molecule has 1 saturated carbocycles. The third-order valence-corrected chi connectivity index (χ3v) is 5.41. The van der Waals surface area contributed by atoms with Crippen LogP contribution in [0.25, 0.3) is 0 Å². The van der Waals surface area contributed by atoms with Gasteiger partial charge in [-0.3, -0.25) is 0 Å². The van der Waals surface area contributed by atoms with Crippen LogP contribution in [0.15, 0.2) is 23.2 Å². The van der Waals surface area contributed by atoms with Gasteiger partial charge in [0.25, 0.3) is 0 Å². The maximum Gasteiger partial charge on any atom is 0.244 e. The van der Waals surface area contributed by atoms with Gasteiger partial charge in [0.05, 0.1) is 5.54 Å². The Labute approximate surface area is 114 Å². The summed E-state index contributed by atoms with van der Waals surface area (Å²) in [5.74, 6) is 0.669. The highest BCUT2D eigenvalue weighted by Crippen LogP contribution is 2.33. The van der Waals surface area contributed by atoms with Gasteiger partial charge in [-0.1, -0.05) is 0 Å². The second kappa shape index (κ2) is 5.07. The molecule has 0 unspecified atom stereocenters. The van der Waals surface area contributed by atoms with Gasteiger partial charge in [0.15, 0.2) is 0 Å². The molecule has 0 bridgehead atoms. The van der Waals surface area contributed by atoms with Gasteiger partial charge in [-0.05, 0) is 31.4 Å². The molecule has 7 heteroatoms. The van der Waals surface area contributed by atoms with E-state index in [0.29, 0.717) is 12.4 Å². The van der Waals surface area contributed by atoms with Crippen molar-refractivity contribution in [2.45, 2.75) is 29.7 Å². The van der Waals surface area contributed by atoms with E-state index in [0.717, 1.165) is 19.3 Å². The van der Waals surface area contributed by atoms with Gasteiger partial charge < -0.3 is 11.1 Å². The van der Waals surface area contributed by atoms with Crippen molar-refractivity contribution in [1.82, 2.24) is 9.29 Å². The second-order valence-corrected chi connectivity index (χ2v) is 7.28. The Hall–Kier alpha value is -1.18. The van der Waals surface area contributed by atoms with Crippen molar-refractivity contribution >= 4 is 15.8 Å². The lowest BCUT2D eigenvalue weighted by Gasteiger charge is -2.42. The summed E-state index contributed by atoms with van der Waals surface area (Å²) in [5.41, 5.74) is 5.70. The Bertz CT molecular complexity index is 530. The monoisotopic (exact) mass is 284 g/mol. The van der Waals surface area contributed by atoms with E-state index in [1.165, 1.54) is 24.6 Å². The molecule has 0 aromatic carbocycles. The summed E-state index contributed by atoms with van der Waals surface area (Å²) in [5, 5.41) is 3.30. The lowest BCUT2D eigenvalue weighted by Crippen LogP contribution is -2.51. The van der Waals surface area contributed by atoms with Crippen molar-refractivity contribution in [2.75, 3.05) is 26.0 Å². The average molecular weight is 284 g/mol. The molecule has 19 heavy (non-hydrogen) atoms. The molecule has 1 aromatic heterocycles. The maximum atomic E-state index is 11.9. The van der Waals surface area contributed by atoms with Crippen molar-refractivity contribution in [3.8, 4) is 0 Å². The molecule has 0 aliphatic heterocycles.